The predicted octanol–water partition coefficient (Wildman–Crippen LogP) is 2.93. The molecule has 17 heavy (non-hydrogen) atoms. The van der Waals surface area contributed by atoms with Gasteiger partial charge in [0.25, 0.3) is 0 Å². The number of Topliss-reactive ketones (excluding diaryl/α,β-unsaturated/α-hetero) is 1. The molecule has 1 unspecified atom stereocenters. The van der Waals surface area contributed by atoms with Crippen LogP contribution in [0.3, 0.4) is 0 Å². The van der Waals surface area contributed by atoms with Crippen LogP contribution in [0.4, 0.5) is 8.78 Å². The normalized spacial score (nSPS) is 20.2. The number of aliphatic hydroxyl groups is 1. The van der Waals surface area contributed by atoms with Crippen LogP contribution in [0.5, 0.6) is 0 Å². The second kappa shape index (κ2) is 4.65. The zero-order chi connectivity index (χ0) is 12.4. The van der Waals surface area contributed by atoms with Crippen molar-refractivity contribution in [2.75, 3.05) is 0 Å². The predicted molar refractivity (Wildman–Crippen MR) is 58.5 cm³/mol. The van der Waals surface area contributed by atoms with Gasteiger partial charge in [0.05, 0.1) is 5.76 Å². The largest absolute Gasteiger partial charge is 0.513 e. The Morgan fingerprint density at radius 2 is 2.00 bits per heavy atom. The summed E-state index contributed by atoms with van der Waals surface area (Å²) in [5.74, 6) is -2.04. The van der Waals surface area contributed by atoms with Gasteiger partial charge in [-0.2, -0.15) is 0 Å². The number of hydrogen-bond acceptors (Lipinski definition) is 2. The highest BCUT2D eigenvalue weighted by Crippen LogP contribution is 2.22. The Balaban J connectivity index is 2.17. The van der Waals surface area contributed by atoms with E-state index in [2.05, 4.69) is 0 Å². The lowest BCUT2D eigenvalue weighted by atomic mass is 9.88. The molecule has 1 aromatic carbocycles. The highest BCUT2D eigenvalue weighted by molar-refractivity contribution is 5.84. The molecule has 0 saturated carbocycles. The smallest absolute Gasteiger partial charge is 0.159 e. The molecule has 1 aliphatic rings. The molecule has 2 rings (SSSR count). The third kappa shape index (κ3) is 2.70. The molecule has 1 aliphatic carbocycles. The van der Waals surface area contributed by atoms with E-state index in [0.717, 1.165) is 12.1 Å². The lowest BCUT2D eigenvalue weighted by Crippen LogP contribution is -2.19. The Morgan fingerprint density at radius 1 is 1.24 bits per heavy atom. The van der Waals surface area contributed by atoms with E-state index in [0.29, 0.717) is 24.8 Å². The standard InChI is InChI=1S/C13H12F2O2/c14-11-3-1-8(6-12(11)15)5-9-7-10(16)2-4-13(9)17/h1,3,6-7,9,16H,2,4-5H2. The molecule has 1 aromatic rings. The van der Waals surface area contributed by atoms with Crippen LogP contribution in [0.1, 0.15) is 18.4 Å². The fourth-order valence-corrected chi connectivity index (χ4v) is 1.94. The number of ketones is 1. The quantitative estimate of drug-likeness (QED) is 0.860. The molecule has 90 valence electrons. The van der Waals surface area contributed by atoms with Crippen LogP contribution in [0, 0.1) is 17.6 Å². The average Bonchev–Trinajstić information content (AvgIpc) is 2.29. The lowest BCUT2D eigenvalue weighted by Gasteiger charge is -2.17. The van der Waals surface area contributed by atoms with Crippen LogP contribution in [0.25, 0.3) is 0 Å². The Labute approximate surface area is 97.6 Å². The average molecular weight is 238 g/mol. The fraction of sp³-hybridized carbons (Fsp3) is 0.308. The monoisotopic (exact) mass is 238 g/mol. The summed E-state index contributed by atoms with van der Waals surface area (Å²) >= 11 is 0. The van der Waals surface area contributed by atoms with E-state index < -0.39 is 17.6 Å². The molecule has 0 bridgehead atoms. The Bertz CT molecular complexity index is 480. The Kier molecular flexibility index (Phi) is 3.22. The fourth-order valence-electron chi connectivity index (χ4n) is 1.94. The zero-order valence-corrected chi connectivity index (χ0v) is 9.12. The van der Waals surface area contributed by atoms with Gasteiger partial charge in [-0.25, -0.2) is 8.78 Å². The Hall–Kier alpha value is -1.71. The van der Waals surface area contributed by atoms with E-state index in [9.17, 15) is 18.7 Å². The first-order chi connectivity index (χ1) is 8.06. The maximum Gasteiger partial charge on any atom is 0.159 e. The summed E-state index contributed by atoms with van der Waals surface area (Å²) in [6, 6.07) is 3.58. The molecule has 2 nitrogen and oxygen atoms in total. The van der Waals surface area contributed by atoms with Crippen LogP contribution < -0.4 is 0 Å². The van der Waals surface area contributed by atoms with Crippen LogP contribution in [0.15, 0.2) is 30.0 Å². The topological polar surface area (TPSA) is 37.3 Å². The summed E-state index contributed by atoms with van der Waals surface area (Å²) < 4.78 is 25.7. The van der Waals surface area contributed by atoms with Crippen molar-refractivity contribution in [2.45, 2.75) is 19.3 Å². The first-order valence-electron chi connectivity index (χ1n) is 5.42. The number of carbonyl (C=O) groups excluding carboxylic acids is 1. The van der Waals surface area contributed by atoms with Crippen molar-refractivity contribution in [3.05, 3.63) is 47.2 Å². The summed E-state index contributed by atoms with van der Waals surface area (Å²) in [4.78, 5) is 11.6. The SMILES string of the molecule is O=C1CCC(O)=CC1Cc1ccc(F)c(F)c1. The summed E-state index contributed by atoms with van der Waals surface area (Å²) in [6.45, 7) is 0. The van der Waals surface area contributed by atoms with Gasteiger partial charge in [-0.05, 0) is 30.2 Å². The third-order valence-electron chi connectivity index (χ3n) is 2.87. The van der Waals surface area contributed by atoms with Gasteiger partial charge in [0.2, 0.25) is 0 Å². The van der Waals surface area contributed by atoms with Crippen molar-refractivity contribution in [1.29, 1.82) is 0 Å². The van der Waals surface area contributed by atoms with Gasteiger partial charge in [0.15, 0.2) is 11.6 Å². The van der Waals surface area contributed by atoms with Gasteiger partial charge in [-0.15, -0.1) is 0 Å². The molecule has 0 spiro atoms. The van der Waals surface area contributed by atoms with Gasteiger partial charge in [-0.3, -0.25) is 4.79 Å². The van der Waals surface area contributed by atoms with Crippen molar-refractivity contribution < 1.29 is 18.7 Å². The van der Waals surface area contributed by atoms with Gasteiger partial charge >= 0.3 is 0 Å². The molecule has 0 fully saturated rings. The summed E-state index contributed by atoms with van der Waals surface area (Å²) in [5, 5.41) is 9.35. The van der Waals surface area contributed by atoms with Crippen LogP contribution in [-0.4, -0.2) is 10.9 Å². The number of rotatable bonds is 2. The van der Waals surface area contributed by atoms with Crippen molar-refractivity contribution in [2.24, 2.45) is 5.92 Å². The first-order valence-corrected chi connectivity index (χ1v) is 5.42. The van der Waals surface area contributed by atoms with Crippen LogP contribution in [0.2, 0.25) is 0 Å². The highest BCUT2D eigenvalue weighted by atomic mass is 19.2. The molecule has 0 amide bonds. The molecule has 0 radical (unpaired) electrons. The van der Waals surface area contributed by atoms with Gasteiger partial charge < -0.3 is 5.11 Å². The van der Waals surface area contributed by atoms with Crippen molar-refractivity contribution in [3.8, 4) is 0 Å². The first kappa shape index (κ1) is 11.8. The summed E-state index contributed by atoms with van der Waals surface area (Å²) in [5.41, 5.74) is 0.549. The molecular formula is C13H12F2O2. The summed E-state index contributed by atoms with van der Waals surface area (Å²) in [7, 11) is 0. The minimum atomic E-state index is -0.918. The minimum Gasteiger partial charge on any atom is -0.513 e. The van der Waals surface area contributed by atoms with E-state index in [1.807, 2.05) is 0 Å². The molecule has 0 aliphatic heterocycles. The third-order valence-corrected chi connectivity index (χ3v) is 2.87. The van der Waals surface area contributed by atoms with Crippen molar-refractivity contribution in [3.63, 3.8) is 0 Å². The second-order valence-corrected chi connectivity index (χ2v) is 4.18. The number of allylic oxidation sites excluding steroid dienone is 2. The maximum atomic E-state index is 13.0. The molecular weight excluding hydrogens is 226 g/mol. The summed E-state index contributed by atoms with van der Waals surface area (Å²) in [6.07, 6.45) is 2.46. The van der Waals surface area contributed by atoms with Gasteiger partial charge in [-0.1, -0.05) is 6.07 Å². The number of benzene rings is 1. The van der Waals surface area contributed by atoms with Crippen molar-refractivity contribution in [1.82, 2.24) is 0 Å². The van der Waals surface area contributed by atoms with Gasteiger partial charge in [0, 0.05) is 18.8 Å². The molecule has 0 heterocycles. The maximum absolute atomic E-state index is 13.0. The molecule has 1 N–H and O–H groups in total. The number of carbonyl (C=O) groups is 1. The number of halogens is 2. The van der Waals surface area contributed by atoms with E-state index in [4.69, 9.17) is 0 Å². The molecule has 0 saturated heterocycles. The lowest BCUT2D eigenvalue weighted by molar-refractivity contribution is -0.122. The minimum absolute atomic E-state index is 0.0209. The Morgan fingerprint density at radius 3 is 2.71 bits per heavy atom. The van der Waals surface area contributed by atoms with Gasteiger partial charge in [0.1, 0.15) is 5.78 Å². The molecule has 0 aromatic heterocycles. The number of hydrogen-bond donors (Lipinski definition) is 1. The van der Waals surface area contributed by atoms with E-state index in [1.165, 1.54) is 12.1 Å². The highest BCUT2D eigenvalue weighted by Gasteiger charge is 2.22. The van der Waals surface area contributed by atoms with E-state index in [-0.39, 0.29) is 11.5 Å². The van der Waals surface area contributed by atoms with Crippen LogP contribution >= 0.6 is 0 Å². The van der Waals surface area contributed by atoms with E-state index >= 15 is 0 Å². The molecule has 1 atom stereocenters. The van der Waals surface area contributed by atoms with E-state index in [1.54, 1.807) is 0 Å². The molecule has 4 heteroatoms. The van der Waals surface area contributed by atoms with Crippen LogP contribution in [-0.2, 0) is 11.2 Å². The second-order valence-electron chi connectivity index (χ2n) is 4.18. The van der Waals surface area contributed by atoms with Crippen molar-refractivity contribution >= 4 is 5.78 Å². The zero-order valence-electron chi connectivity index (χ0n) is 9.12. The number of aliphatic hydroxyl groups excluding tert-OH is 1.